The molecule has 36 heavy (non-hydrogen) atoms. The molecule has 4 heterocycles. The van der Waals surface area contributed by atoms with Gasteiger partial charge in [0.25, 0.3) is 11.8 Å². The topological polar surface area (TPSA) is 85.4 Å². The average Bonchev–Trinajstić information content (AvgIpc) is 3.56. The third-order valence-corrected chi connectivity index (χ3v) is 7.83. The Kier molecular flexibility index (Phi) is 3.73. The van der Waals surface area contributed by atoms with Gasteiger partial charge in [-0.2, -0.15) is 0 Å². The second-order valence-electron chi connectivity index (χ2n) is 10.4. The number of nitrogens with zero attached hydrogens (tertiary/aromatic N) is 1. The molecule has 5 aromatic rings. The molecule has 2 aliphatic heterocycles. The minimum Gasteiger partial charge on any atom is -0.353 e. The highest BCUT2D eigenvalue weighted by atomic mass is 16.7. The Morgan fingerprint density at radius 1 is 0.889 bits per heavy atom. The summed E-state index contributed by atoms with van der Waals surface area (Å²) in [5.74, 6) is -1.31. The number of carbonyl (C=O) groups excluding carboxylic acids is 2. The van der Waals surface area contributed by atoms with Gasteiger partial charge in [0.05, 0.1) is 34.3 Å². The van der Waals surface area contributed by atoms with Gasteiger partial charge < -0.3 is 19.0 Å². The second-order valence-corrected chi connectivity index (χ2v) is 10.4. The molecule has 178 valence electrons. The molecule has 7 nitrogen and oxygen atoms in total. The van der Waals surface area contributed by atoms with E-state index in [4.69, 9.17) is 9.47 Å². The molecule has 8 rings (SSSR count). The first-order chi connectivity index (χ1) is 17.4. The number of aromatic amines is 1. The normalized spacial score (nSPS) is 24.8. The molecule has 3 atom stereocenters. The van der Waals surface area contributed by atoms with Crippen LogP contribution >= 0.6 is 0 Å². The summed E-state index contributed by atoms with van der Waals surface area (Å²) >= 11 is 0. The number of hydrogen-bond acceptors (Lipinski definition) is 4. The van der Waals surface area contributed by atoms with E-state index >= 15 is 0 Å². The summed E-state index contributed by atoms with van der Waals surface area (Å²) in [6, 6.07) is 16.0. The van der Waals surface area contributed by atoms with E-state index in [-0.39, 0.29) is 30.1 Å². The molecule has 0 radical (unpaired) electrons. The van der Waals surface area contributed by atoms with Gasteiger partial charge in [0, 0.05) is 39.0 Å². The van der Waals surface area contributed by atoms with E-state index in [1.54, 1.807) is 0 Å². The standard InChI is InChI=1S/C29H23N3O4/c1-29(2)35-19-12-11-14(13-20(19)36-29)32-18-10-6-4-8-16(18)22-24-23(27(33)31-28(24)34)21-15-7-3-5-9-17(15)30-25(21)26(22)32/h3-12,14,19-20,30H,13H2,1-2H3,(H,31,33,34)/t14?,19-,20+/m0/s1. The van der Waals surface area contributed by atoms with Gasteiger partial charge in [-0.25, -0.2) is 0 Å². The fourth-order valence-electron chi connectivity index (χ4n) is 6.57. The number of imide groups is 1. The first-order valence-electron chi connectivity index (χ1n) is 12.3. The van der Waals surface area contributed by atoms with Crippen molar-refractivity contribution in [1.82, 2.24) is 14.9 Å². The monoisotopic (exact) mass is 477 g/mol. The zero-order valence-electron chi connectivity index (χ0n) is 19.8. The largest absolute Gasteiger partial charge is 0.353 e. The van der Waals surface area contributed by atoms with Gasteiger partial charge in [-0.1, -0.05) is 48.6 Å². The summed E-state index contributed by atoms with van der Waals surface area (Å²) in [6.07, 6.45) is 4.88. The van der Waals surface area contributed by atoms with Gasteiger partial charge >= 0.3 is 0 Å². The minimum atomic E-state index is -0.626. The van der Waals surface area contributed by atoms with Gasteiger partial charge in [-0.3, -0.25) is 14.9 Å². The number of carbonyl (C=O) groups is 2. The number of amides is 2. The van der Waals surface area contributed by atoms with Crippen molar-refractivity contribution in [2.24, 2.45) is 0 Å². The van der Waals surface area contributed by atoms with Crippen LogP contribution in [0, 0.1) is 0 Å². The van der Waals surface area contributed by atoms with Crippen molar-refractivity contribution < 1.29 is 19.1 Å². The van der Waals surface area contributed by atoms with E-state index in [1.807, 2.05) is 56.3 Å². The number of H-pyrrole nitrogens is 1. The number of benzene rings is 3. The third kappa shape index (κ3) is 2.49. The third-order valence-electron chi connectivity index (χ3n) is 7.83. The zero-order chi connectivity index (χ0) is 24.3. The minimum absolute atomic E-state index is 0.0148. The highest BCUT2D eigenvalue weighted by molar-refractivity contribution is 6.39. The number of aromatic nitrogens is 2. The second kappa shape index (κ2) is 6.63. The van der Waals surface area contributed by atoms with E-state index < -0.39 is 5.79 Å². The quantitative estimate of drug-likeness (QED) is 0.252. The first kappa shape index (κ1) is 20.3. The SMILES string of the molecule is CC1(C)O[C@H]2C=CC(n3c4ccccc4c4c5c(c6c7ccccc7[nH]c6c43)C(=O)NC5=O)C[C@H]2O1. The molecule has 7 heteroatoms. The summed E-state index contributed by atoms with van der Waals surface area (Å²) in [5.41, 5.74) is 4.65. The van der Waals surface area contributed by atoms with Crippen LogP contribution in [0.2, 0.25) is 0 Å². The molecule has 1 unspecified atom stereocenters. The van der Waals surface area contributed by atoms with E-state index in [0.717, 1.165) is 50.0 Å². The van der Waals surface area contributed by atoms with Crippen molar-refractivity contribution in [2.75, 3.05) is 0 Å². The highest BCUT2D eigenvalue weighted by Gasteiger charge is 2.44. The lowest BCUT2D eigenvalue weighted by Gasteiger charge is -2.27. The Morgan fingerprint density at radius 3 is 2.44 bits per heavy atom. The van der Waals surface area contributed by atoms with Crippen LogP contribution < -0.4 is 5.32 Å². The van der Waals surface area contributed by atoms with Gasteiger partial charge in [0.2, 0.25) is 0 Å². The zero-order valence-corrected chi connectivity index (χ0v) is 19.8. The molecule has 0 saturated carbocycles. The maximum atomic E-state index is 13.2. The number of rotatable bonds is 1. The lowest BCUT2D eigenvalue weighted by atomic mass is 9.95. The Bertz CT molecular complexity index is 1840. The molecule has 1 aliphatic carbocycles. The molecule has 1 fully saturated rings. The van der Waals surface area contributed by atoms with E-state index in [0.29, 0.717) is 11.1 Å². The van der Waals surface area contributed by atoms with Crippen LogP contribution in [0.25, 0.3) is 43.6 Å². The average molecular weight is 478 g/mol. The summed E-state index contributed by atoms with van der Waals surface area (Å²) in [6.45, 7) is 3.89. The lowest BCUT2D eigenvalue weighted by Crippen LogP contribution is -2.28. The van der Waals surface area contributed by atoms with Gasteiger partial charge in [0.15, 0.2) is 5.79 Å². The number of fused-ring (bicyclic) bond motifs is 11. The summed E-state index contributed by atoms with van der Waals surface area (Å²) in [5, 5.41) is 6.05. The maximum Gasteiger partial charge on any atom is 0.259 e. The summed E-state index contributed by atoms with van der Waals surface area (Å²) in [4.78, 5) is 29.9. The van der Waals surface area contributed by atoms with E-state index in [2.05, 4.69) is 33.1 Å². The molecule has 0 bridgehead atoms. The van der Waals surface area contributed by atoms with Crippen molar-refractivity contribution in [3.63, 3.8) is 0 Å². The van der Waals surface area contributed by atoms with Crippen molar-refractivity contribution in [3.05, 3.63) is 71.8 Å². The van der Waals surface area contributed by atoms with Crippen LogP contribution in [0.1, 0.15) is 47.0 Å². The predicted octanol–water partition coefficient (Wildman–Crippen LogP) is 5.33. The van der Waals surface area contributed by atoms with E-state index in [9.17, 15) is 9.59 Å². The van der Waals surface area contributed by atoms with Crippen molar-refractivity contribution in [2.45, 2.75) is 44.3 Å². The summed E-state index contributed by atoms with van der Waals surface area (Å²) in [7, 11) is 0. The van der Waals surface area contributed by atoms with Gasteiger partial charge in [0.1, 0.15) is 6.10 Å². The molecule has 2 amide bonds. The van der Waals surface area contributed by atoms with Crippen LogP contribution in [-0.4, -0.2) is 39.4 Å². The number of nitrogens with one attached hydrogen (secondary N) is 2. The molecule has 3 aliphatic rings. The van der Waals surface area contributed by atoms with Crippen LogP contribution in [-0.2, 0) is 9.47 Å². The predicted molar refractivity (Wildman–Crippen MR) is 137 cm³/mol. The fraction of sp³-hybridized carbons (Fsp3) is 0.241. The Hall–Kier alpha value is -3.94. The molecular formula is C29H23N3O4. The molecule has 2 N–H and O–H groups in total. The van der Waals surface area contributed by atoms with Crippen LogP contribution in [0.5, 0.6) is 0 Å². The molecule has 1 saturated heterocycles. The van der Waals surface area contributed by atoms with Crippen LogP contribution in [0.15, 0.2) is 60.7 Å². The van der Waals surface area contributed by atoms with E-state index in [1.165, 1.54) is 0 Å². The van der Waals surface area contributed by atoms with Crippen LogP contribution in [0.3, 0.4) is 0 Å². The molecule has 2 aromatic heterocycles. The molecule has 3 aromatic carbocycles. The highest BCUT2D eigenvalue weighted by Crippen LogP contribution is 2.46. The number of para-hydroxylation sites is 2. The number of allylic oxidation sites excluding steroid dienone is 1. The maximum absolute atomic E-state index is 13.2. The lowest BCUT2D eigenvalue weighted by molar-refractivity contribution is -0.143. The van der Waals surface area contributed by atoms with Crippen LogP contribution in [0.4, 0.5) is 0 Å². The van der Waals surface area contributed by atoms with Gasteiger partial charge in [-0.15, -0.1) is 0 Å². The van der Waals surface area contributed by atoms with Crippen molar-refractivity contribution in [1.29, 1.82) is 0 Å². The Labute approximate surface area is 205 Å². The first-order valence-corrected chi connectivity index (χ1v) is 12.3. The number of ether oxygens (including phenoxy) is 2. The number of hydrogen-bond donors (Lipinski definition) is 2. The van der Waals surface area contributed by atoms with Gasteiger partial charge in [-0.05, 0) is 26.0 Å². The fourth-order valence-corrected chi connectivity index (χ4v) is 6.57. The summed E-state index contributed by atoms with van der Waals surface area (Å²) < 4.78 is 14.6. The molecular weight excluding hydrogens is 454 g/mol. The Morgan fingerprint density at radius 2 is 1.61 bits per heavy atom. The van der Waals surface area contributed by atoms with Crippen molar-refractivity contribution >= 4 is 55.4 Å². The Balaban J connectivity index is 1.53. The van der Waals surface area contributed by atoms with Crippen molar-refractivity contribution in [3.8, 4) is 0 Å². The molecule has 0 spiro atoms. The smallest absolute Gasteiger partial charge is 0.259 e.